The van der Waals surface area contributed by atoms with Gasteiger partial charge in [0.05, 0.1) is 0 Å². The summed E-state index contributed by atoms with van der Waals surface area (Å²) >= 11 is 5.39. The van der Waals surface area contributed by atoms with Crippen molar-refractivity contribution in [1.82, 2.24) is 5.43 Å². The van der Waals surface area contributed by atoms with Crippen molar-refractivity contribution in [3.63, 3.8) is 0 Å². The van der Waals surface area contributed by atoms with E-state index in [1.54, 1.807) is 11.3 Å². The summed E-state index contributed by atoms with van der Waals surface area (Å²) in [6.45, 7) is 9.36. The van der Waals surface area contributed by atoms with Gasteiger partial charge in [-0.05, 0) is 50.5 Å². The molecule has 1 fully saturated rings. The van der Waals surface area contributed by atoms with Crippen molar-refractivity contribution in [2.75, 3.05) is 0 Å². The van der Waals surface area contributed by atoms with Crippen molar-refractivity contribution in [2.45, 2.75) is 40.2 Å². The Morgan fingerprint density at radius 2 is 2.00 bits per heavy atom. The minimum absolute atomic E-state index is 0.356. The molecule has 0 aliphatic heterocycles. The topological polar surface area (TPSA) is 38.0 Å². The number of hydrogen-bond acceptors (Lipinski definition) is 3. The van der Waals surface area contributed by atoms with Gasteiger partial charge in [0, 0.05) is 15.4 Å². The number of nitrogens with one attached hydrogen (secondary N) is 1. The fraction of sp³-hybridized carbons (Fsp3) is 0.692. The predicted octanol–water partition coefficient (Wildman–Crippen LogP) is 3.57. The average Bonchev–Trinajstić information content (AvgIpc) is 2.56. The van der Waals surface area contributed by atoms with Gasteiger partial charge in [0.2, 0.25) is 0 Å². The summed E-state index contributed by atoms with van der Waals surface area (Å²) in [6, 6.07) is 2.46. The van der Waals surface area contributed by atoms with Crippen molar-refractivity contribution >= 4 is 27.3 Å². The van der Waals surface area contributed by atoms with Crippen LogP contribution >= 0.6 is 27.3 Å². The normalized spacial score (nSPS) is 23.6. The molecule has 96 valence electrons. The highest BCUT2D eigenvalue weighted by atomic mass is 79.9. The molecule has 2 nitrogen and oxygen atoms in total. The maximum Gasteiger partial charge on any atom is 0.0314 e. The van der Waals surface area contributed by atoms with E-state index in [4.69, 9.17) is 5.84 Å². The van der Waals surface area contributed by atoms with Crippen molar-refractivity contribution in [3.8, 4) is 0 Å². The van der Waals surface area contributed by atoms with E-state index in [1.165, 1.54) is 9.35 Å². The first-order valence-electron chi connectivity index (χ1n) is 6.00. The van der Waals surface area contributed by atoms with Gasteiger partial charge in [0.25, 0.3) is 0 Å². The molecule has 1 atom stereocenters. The maximum absolute atomic E-state index is 5.76. The number of thiophene rings is 1. The van der Waals surface area contributed by atoms with E-state index in [0.717, 1.165) is 6.42 Å². The van der Waals surface area contributed by atoms with Crippen LogP contribution in [0.5, 0.6) is 0 Å². The Morgan fingerprint density at radius 3 is 2.35 bits per heavy atom. The standard InChI is InChI=1S/C13H21BrN2S/c1-12(2)11(13(12,3)4)9(16-15)7-10-8(14)5-6-17-10/h5-6,9,11,16H,7,15H2,1-4H3. The molecule has 0 amide bonds. The molecule has 1 heterocycles. The molecule has 1 aliphatic carbocycles. The van der Waals surface area contributed by atoms with E-state index in [-0.39, 0.29) is 0 Å². The van der Waals surface area contributed by atoms with Crippen molar-refractivity contribution in [2.24, 2.45) is 22.6 Å². The van der Waals surface area contributed by atoms with Crippen LogP contribution in [0, 0.1) is 16.7 Å². The molecule has 0 aromatic carbocycles. The van der Waals surface area contributed by atoms with Gasteiger partial charge in [-0.3, -0.25) is 11.3 Å². The molecule has 3 N–H and O–H groups in total. The monoisotopic (exact) mass is 316 g/mol. The Bertz CT molecular complexity index is 397. The minimum Gasteiger partial charge on any atom is -0.271 e. The molecule has 17 heavy (non-hydrogen) atoms. The Balaban J connectivity index is 2.12. The third kappa shape index (κ3) is 2.09. The summed E-state index contributed by atoms with van der Waals surface area (Å²) in [5, 5.41) is 2.12. The van der Waals surface area contributed by atoms with Gasteiger partial charge in [-0.1, -0.05) is 27.7 Å². The largest absolute Gasteiger partial charge is 0.271 e. The molecule has 1 aliphatic rings. The average molecular weight is 317 g/mol. The van der Waals surface area contributed by atoms with Gasteiger partial charge >= 0.3 is 0 Å². The predicted molar refractivity (Wildman–Crippen MR) is 77.9 cm³/mol. The lowest BCUT2D eigenvalue weighted by Gasteiger charge is -2.17. The third-order valence-electron chi connectivity index (χ3n) is 4.85. The molecule has 0 bridgehead atoms. The zero-order chi connectivity index (χ0) is 12.8. The molecule has 0 radical (unpaired) electrons. The Morgan fingerprint density at radius 1 is 1.41 bits per heavy atom. The van der Waals surface area contributed by atoms with E-state index < -0.39 is 0 Å². The fourth-order valence-electron chi connectivity index (χ4n) is 3.20. The first kappa shape index (κ1) is 13.5. The zero-order valence-electron chi connectivity index (χ0n) is 10.9. The Hall–Kier alpha value is 0.1000. The van der Waals surface area contributed by atoms with Crippen LogP contribution in [0.4, 0.5) is 0 Å². The van der Waals surface area contributed by atoms with Gasteiger partial charge in [0.15, 0.2) is 0 Å². The lowest BCUT2D eigenvalue weighted by atomic mass is 10.0. The second-order valence-electron chi connectivity index (χ2n) is 6.09. The van der Waals surface area contributed by atoms with Gasteiger partial charge < -0.3 is 0 Å². The quantitative estimate of drug-likeness (QED) is 0.658. The van der Waals surface area contributed by atoms with Crippen LogP contribution in [0.3, 0.4) is 0 Å². The first-order valence-corrected chi connectivity index (χ1v) is 7.67. The van der Waals surface area contributed by atoms with Crippen molar-refractivity contribution in [1.29, 1.82) is 0 Å². The van der Waals surface area contributed by atoms with Crippen LogP contribution in [-0.2, 0) is 6.42 Å². The number of hydrogen-bond donors (Lipinski definition) is 2. The number of hydrazine groups is 1. The second-order valence-corrected chi connectivity index (χ2v) is 7.95. The lowest BCUT2D eigenvalue weighted by Crippen LogP contribution is -2.40. The minimum atomic E-state index is 0.356. The number of nitrogens with two attached hydrogens (primary N) is 1. The summed E-state index contributed by atoms with van der Waals surface area (Å²) in [7, 11) is 0. The molecular weight excluding hydrogens is 296 g/mol. The van der Waals surface area contributed by atoms with Crippen molar-refractivity contribution in [3.05, 3.63) is 20.8 Å². The summed E-state index contributed by atoms with van der Waals surface area (Å²) in [5.41, 5.74) is 3.76. The van der Waals surface area contributed by atoms with Crippen LogP contribution in [0.25, 0.3) is 0 Å². The molecule has 0 spiro atoms. The summed E-state index contributed by atoms with van der Waals surface area (Å²) in [5.74, 6) is 6.40. The van der Waals surface area contributed by atoms with Gasteiger partial charge in [-0.15, -0.1) is 11.3 Å². The fourth-order valence-corrected chi connectivity index (χ4v) is 4.77. The highest BCUT2D eigenvalue weighted by molar-refractivity contribution is 9.10. The van der Waals surface area contributed by atoms with Gasteiger partial charge in [0.1, 0.15) is 0 Å². The lowest BCUT2D eigenvalue weighted by molar-refractivity contribution is 0.404. The van der Waals surface area contributed by atoms with E-state index in [1.807, 2.05) is 0 Å². The molecule has 1 saturated carbocycles. The number of rotatable bonds is 4. The van der Waals surface area contributed by atoms with Crippen LogP contribution in [-0.4, -0.2) is 6.04 Å². The van der Waals surface area contributed by atoms with Crippen LogP contribution in [0.1, 0.15) is 32.6 Å². The summed E-state index contributed by atoms with van der Waals surface area (Å²) in [6.07, 6.45) is 1.01. The molecular formula is C13H21BrN2S. The maximum atomic E-state index is 5.76. The molecule has 4 heteroatoms. The molecule has 1 unspecified atom stereocenters. The molecule has 0 saturated heterocycles. The van der Waals surface area contributed by atoms with E-state index in [2.05, 4.69) is 60.5 Å². The Labute approximate surface area is 116 Å². The van der Waals surface area contributed by atoms with E-state index in [9.17, 15) is 0 Å². The first-order chi connectivity index (χ1) is 7.82. The summed E-state index contributed by atoms with van der Waals surface area (Å²) < 4.78 is 1.21. The highest BCUT2D eigenvalue weighted by Gasteiger charge is 2.66. The highest BCUT2D eigenvalue weighted by Crippen LogP contribution is 2.69. The number of halogens is 1. The Kier molecular flexibility index (Phi) is 3.45. The second kappa shape index (κ2) is 4.34. The van der Waals surface area contributed by atoms with Crippen LogP contribution in [0.2, 0.25) is 0 Å². The zero-order valence-corrected chi connectivity index (χ0v) is 13.3. The smallest absolute Gasteiger partial charge is 0.0314 e. The van der Waals surface area contributed by atoms with Crippen LogP contribution in [0.15, 0.2) is 15.9 Å². The van der Waals surface area contributed by atoms with Crippen molar-refractivity contribution < 1.29 is 0 Å². The summed E-state index contributed by atoms with van der Waals surface area (Å²) in [4.78, 5) is 1.38. The van der Waals surface area contributed by atoms with Gasteiger partial charge in [-0.25, -0.2) is 0 Å². The molecule has 1 aromatic heterocycles. The molecule has 1 aromatic rings. The van der Waals surface area contributed by atoms with E-state index in [0.29, 0.717) is 22.8 Å². The SMILES string of the molecule is CC1(C)C(C(Cc2sccc2Br)NN)C1(C)C. The van der Waals surface area contributed by atoms with Crippen LogP contribution < -0.4 is 11.3 Å². The molecule has 2 rings (SSSR count). The third-order valence-corrected chi connectivity index (χ3v) is 6.79. The van der Waals surface area contributed by atoms with Gasteiger partial charge in [-0.2, -0.15) is 0 Å². The van der Waals surface area contributed by atoms with E-state index >= 15 is 0 Å².